The van der Waals surface area contributed by atoms with Crippen molar-refractivity contribution in [2.75, 3.05) is 13.1 Å². The molecule has 3 rings (SSSR count). The largest absolute Gasteiger partial charge is 0.465 e. The fourth-order valence-corrected chi connectivity index (χ4v) is 3.28. The number of nitrogens with zero attached hydrogens (tertiary/aromatic N) is 1. The molecule has 1 amide bonds. The first kappa shape index (κ1) is 10.6. The molecule has 90 valence electrons. The zero-order valence-electron chi connectivity index (χ0n) is 9.80. The summed E-state index contributed by atoms with van der Waals surface area (Å²) >= 11 is 0. The molecular weight excluding hydrogens is 214 g/mol. The minimum atomic E-state index is -0.780. The summed E-state index contributed by atoms with van der Waals surface area (Å²) in [6.07, 6.45) is 11.4. The molecule has 3 aliphatic rings. The standard InChI is InChI=1S/C14H17NO2/c16-14(17)15-8-11-6-3-5-10-4-1-2-7-12(10)13(11)9-15/h1-2,4,7,10-11H,3,5-6,8-9H2,(H,16,17). The lowest BCUT2D eigenvalue weighted by Crippen LogP contribution is -2.26. The maximum atomic E-state index is 11.1. The molecule has 1 fully saturated rings. The smallest absolute Gasteiger partial charge is 0.407 e. The highest BCUT2D eigenvalue weighted by Crippen LogP contribution is 2.39. The summed E-state index contributed by atoms with van der Waals surface area (Å²) in [4.78, 5) is 12.6. The zero-order valence-corrected chi connectivity index (χ0v) is 9.80. The van der Waals surface area contributed by atoms with Crippen molar-refractivity contribution in [2.24, 2.45) is 11.8 Å². The van der Waals surface area contributed by atoms with Crippen LogP contribution < -0.4 is 0 Å². The first-order valence-electron chi connectivity index (χ1n) is 6.31. The van der Waals surface area contributed by atoms with Crippen LogP contribution >= 0.6 is 0 Å². The second-order valence-electron chi connectivity index (χ2n) is 5.12. The highest BCUT2D eigenvalue weighted by molar-refractivity contribution is 5.66. The highest BCUT2D eigenvalue weighted by atomic mass is 16.4. The van der Waals surface area contributed by atoms with Crippen molar-refractivity contribution >= 4 is 6.09 Å². The summed E-state index contributed by atoms with van der Waals surface area (Å²) in [5.41, 5.74) is 2.76. The average molecular weight is 231 g/mol. The van der Waals surface area contributed by atoms with Gasteiger partial charge in [-0.15, -0.1) is 0 Å². The maximum absolute atomic E-state index is 11.1. The summed E-state index contributed by atoms with van der Waals surface area (Å²) in [5.74, 6) is 0.982. The van der Waals surface area contributed by atoms with Crippen LogP contribution in [0.15, 0.2) is 35.5 Å². The number of rotatable bonds is 0. The number of hydrogen-bond acceptors (Lipinski definition) is 1. The summed E-state index contributed by atoms with van der Waals surface area (Å²) < 4.78 is 0. The molecule has 0 aromatic carbocycles. The van der Waals surface area contributed by atoms with Gasteiger partial charge in [0.25, 0.3) is 0 Å². The van der Waals surface area contributed by atoms with Crippen molar-refractivity contribution < 1.29 is 9.90 Å². The lowest BCUT2D eigenvalue weighted by molar-refractivity contribution is 0.154. The maximum Gasteiger partial charge on any atom is 0.407 e. The predicted octanol–water partition coefficient (Wildman–Crippen LogP) is 2.82. The Hall–Kier alpha value is -1.51. The highest BCUT2D eigenvalue weighted by Gasteiger charge is 2.34. The molecular formula is C14H17NO2. The van der Waals surface area contributed by atoms with Gasteiger partial charge in [-0.3, -0.25) is 0 Å². The van der Waals surface area contributed by atoms with Crippen LogP contribution in [-0.2, 0) is 0 Å². The molecule has 1 saturated heterocycles. The molecule has 3 heteroatoms. The van der Waals surface area contributed by atoms with Crippen LogP contribution in [0.4, 0.5) is 4.79 Å². The quantitative estimate of drug-likeness (QED) is 0.696. The van der Waals surface area contributed by atoms with Gasteiger partial charge in [-0.05, 0) is 29.9 Å². The topological polar surface area (TPSA) is 40.5 Å². The van der Waals surface area contributed by atoms with Gasteiger partial charge in [-0.25, -0.2) is 4.79 Å². The number of amides is 1. The van der Waals surface area contributed by atoms with Gasteiger partial charge >= 0.3 is 6.09 Å². The van der Waals surface area contributed by atoms with Crippen LogP contribution in [0.3, 0.4) is 0 Å². The normalized spacial score (nSPS) is 31.2. The van der Waals surface area contributed by atoms with E-state index in [-0.39, 0.29) is 0 Å². The van der Waals surface area contributed by atoms with Crippen LogP contribution in [-0.4, -0.2) is 29.2 Å². The summed E-state index contributed by atoms with van der Waals surface area (Å²) in [7, 11) is 0. The Bertz CT molecular complexity index is 434. The van der Waals surface area contributed by atoms with E-state index in [2.05, 4.69) is 24.3 Å². The lowest BCUT2D eigenvalue weighted by atomic mass is 9.88. The Morgan fingerprint density at radius 1 is 1.35 bits per heavy atom. The van der Waals surface area contributed by atoms with Crippen molar-refractivity contribution in [2.45, 2.75) is 19.3 Å². The van der Waals surface area contributed by atoms with Gasteiger partial charge in [-0.1, -0.05) is 30.7 Å². The molecule has 2 atom stereocenters. The molecule has 0 aromatic rings. The van der Waals surface area contributed by atoms with Crippen molar-refractivity contribution in [3.63, 3.8) is 0 Å². The van der Waals surface area contributed by atoms with Crippen LogP contribution in [0, 0.1) is 11.8 Å². The van der Waals surface area contributed by atoms with Gasteiger partial charge in [0, 0.05) is 19.0 Å². The third-order valence-corrected chi connectivity index (χ3v) is 4.13. The van der Waals surface area contributed by atoms with E-state index in [1.165, 1.54) is 24.0 Å². The third-order valence-electron chi connectivity index (χ3n) is 4.13. The van der Waals surface area contributed by atoms with E-state index >= 15 is 0 Å². The van der Waals surface area contributed by atoms with Gasteiger partial charge in [0.15, 0.2) is 0 Å². The van der Waals surface area contributed by atoms with Crippen molar-refractivity contribution in [3.05, 3.63) is 35.5 Å². The molecule has 0 radical (unpaired) electrons. The van der Waals surface area contributed by atoms with Crippen molar-refractivity contribution in [1.29, 1.82) is 0 Å². The molecule has 0 saturated carbocycles. The second kappa shape index (κ2) is 4.06. The first-order chi connectivity index (χ1) is 8.25. The van der Waals surface area contributed by atoms with E-state index in [0.717, 1.165) is 6.42 Å². The van der Waals surface area contributed by atoms with Gasteiger partial charge in [0.2, 0.25) is 0 Å². The van der Waals surface area contributed by atoms with E-state index < -0.39 is 6.09 Å². The van der Waals surface area contributed by atoms with Crippen LogP contribution in [0.25, 0.3) is 0 Å². The molecule has 0 bridgehead atoms. The lowest BCUT2D eigenvalue weighted by Gasteiger charge is -2.18. The Morgan fingerprint density at radius 2 is 2.24 bits per heavy atom. The fraction of sp³-hybridized carbons (Fsp3) is 0.500. The van der Waals surface area contributed by atoms with E-state index in [1.807, 2.05) is 0 Å². The van der Waals surface area contributed by atoms with Gasteiger partial charge < -0.3 is 10.0 Å². The number of allylic oxidation sites excluding steroid dienone is 5. The molecule has 2 unspecified atom stereocenters. The molecule has 0 spiro atoms. The minimum absolute atomic E-state index is 0.460. The first-order valence-corrected chi connectivity index (χ1v) is 6.31. The Balaban J connectivity index is 1.96. The monoisotopic (exact) mass is 231 g/mol. The zero-order chi connectivity index (χ0) is 11.8. The Morgan fingerprint density at radius 3 is 3.06 bits per heavy atom. The summed E-state index contributed by atoms with van der Waals surface area (Å²) in [6.45, 7) is 1.31. The molecule has 1 N–H and O–H groups in total. The summed E-state index contributed by atoms with van der Waals surface area (Å²) in [6, 6.07) is 0. The molecule has 1 heterocycles. The number of fused-ring (bicyclic) bond motifs is 2. The molecule has 3 nitrogen and oxygen atoms in total. The van der Waals surface area contributed by atoms with Crippen molar-refractivity contribution in [1.82, 2.24) is 4.90 Å². The SMILES string of the molecule is O=C(O)N1CC2=C3C=CC=CC3CCCC2C1. The number of hydrogen-bond donors (Lipinski definition) is 1. The van der Waals surface area contributed by atoms with E-state index in [4.69, 9.17) is 5.11 Å². The van der Waals surface area contributed by atoms with E-state index in [9.17, 15) is 4.79 Å². The van der Waals surface area contributed by atoms with E-state index in [0.29, 0.717) is 24.9 Å². The van der Waals surface area contributed by atoms with Gasteiger partial charge in [0.1, 0.15) is 0 Å². The van der Waals surface area contributed by atoms with E-state index in [1.54, 1.807) is 4.90 Å². The average Bonchev–Trinajstić information content (AvgIpc) is 2.67. The second-order valence-corrected chi connectivity index (χ2v) is 5.12. The Kier molecular flexibility index (Phi) is 2.54. The van der Waals surface area contributed by atoms with Crippen LogP contribution in [0.1, 0.15) is 19.3 Å². The predicted molar refractivity (Wildman–Crippen MR) is 65.7 cm³/mol. The Labute approximate surface area is 101 Å². The number of carboxylic acid groups (broad SMARTS) is 1. The fourth-order valence-electron chi connectivity index (χ4n) is 3.28. The van der Waals surface area contributed by atoms with Crippen LogP contribution in [0.5, 0.6) is 0 Å². The van der Waals surface area contributed by atoms with Crippen LogP contribution in [0.2, 0.25) is 0 Å². The third kappa shape index (κ3) is 1.79. The number of likely N-dealkylation sites (tertiary alicyclic amines) is 1. The summed E-state index contributed by atoms with van der Waals surface area (Å²) in [5, 5.41) is 9.10. The van der Waals surface area contributed by atoms with Crippen molar-refractivity contribution in [3.8, 4) is 0 Å². The minimum Gasteiger partial charge on any atom is -0.465 e. The van der Waals surface area contributed by atoms with Gasteiger partial charge in [0.05, 0.1) is 0 Å². The molecule has 0 aromatic heterocycles. The molecule has 2 aliphatic carbocycles. The molecule has 17 heavy (non-hydrogen) atoms. The number of carbonyl (C=O) groups is 1. The van der Waals surface area contributed by atoms with Gasteiger partial charge in [-0.2, -0.15) is 0 Å². The molecule has 1 aliphatic heterocycles.